The second-order valence-corrected chi connectivity index (χ2v) is 9.74. The van der Waals surface area contributed by atoms with Gasteiger partial charge in [-0.3, -0.25) is 20.2 Å². The highest BCUT2D eigenvalue weighted by molar-refractivity contribution is 7.92. The summed E-state index contributed by atoms with van der Waals surface area (Å²) in [6.07, 6.45) is -0.837. The standard InChI is InChI=1S/C23H24N4O6S/c1-16(2)18-7-9-19(10-8-18)24-17(3)25(20-11-13-21(14-12-20)26(28)29)34(32,33)23-6-4-5-22(15-23)27(30)31/h4-17,24H,1-3H3. The van der Waals surface area contributed by atoms with E-state index >= 15 is 0 Å². The van der Waals surface area contributed by atoms with Crippen molar-refractivity contribution in [3.05, 3.63) is 98.6 Å². The number of rotatable bonds is 9. The third-order valence-electron chi connectivity index (χ3n) is 5.20. The first-order chi connectivity index (χ1) is 16.0. The van der Waals surface area contributed by atoms with Crippen LogP contribution in [0.5, 0.6) is 0 Å². The molecule has 178 valence electrons. The largest absolute Gasteiger partial charge is 0.365 e. The summed E-state index contributed by atoms with van der Waals surface area (Å²) >= 11 is 0. The van der Waals surface area contributed by atoms with Crippen molar-refractivity contribution in [2.75, 3.05) is 9.62 Å². The van der Waals surface area contributed by atoms with Gasteiger partial charge in [-0.1, -0.05) is 32.0 Å². The van der Waals surface area contributed by atoms with Crippen LogP contribution in [0.25, 0.3) is 0 Å². The molecular weight excluding hydrogens is 460 g/mol. The summed E-state index contributed by atoms with van der Waals surface area (Å²) in [4.78, 5) is 20.7. The van der Waals surface area contributed by atoms with Crippen LogP contribution in [0.2, 0.25) is 0 Å². The van der Waals surface area contributed by atoms with Crippen molar-refractivity contribution in [2.24, 2.45) is 0 Å². The number of hydrogen-bond donors (Lipinski definition) is 1. The Kier molecular flexibility index (Phi) is 7.16. The van der Waals surface area contributed by atoms with Gasteiger partial charge >= 0.3 is 0 Å². The average Bonchev–Trinajstić information content (AvgIpc) is 2.79. The Labute approximate surface area is 197 Å². The van der Waals surface area contributed by atoms with Gasteiger partial charge in [-0.15, -0.1) is 0 Å². The minimum Gasteiger partial charge on any atom is -0.365 e. The number of sulfonamides is 1. The molecule has 0 saturated carbocycles. The SMILES string of the molecule is CC(C)c1ccc(NC(C)N(c2ccc([N+](=O)[O-])cc2)S(=O)(=O)c2cccc([N+](=O)[O-])c2)cc1. The molecule has 0 aliphatic heterocycles. The summed E-state index contributed by atoms with van der Waals surface area (Å²) in [6, 6.07) is 17.3. The first kappa shape index (κ1) is 24.6. The number of non-ortho nitro benzene ring substituents is 2. The molecule has 0 saturated heterocycles. The molecular formula is C23H24N4O6S. The maximum Gasteiger partial charge on any atom is 0.270 e. The van der Waals surface area contributed by atoms with Gasteiger partial charge in [0.05, 0.1) is 20.4 Å². The zero-order valence-corrected chi connectivity index (χ0v) is 19.6. The molecule has 0 bridgehead atoms. The molecule has 0 aliphatic rings. The summed E-state index contributed by atoms with van der Waals surface area (Å²) in [5.41, 5.74) is 1.39. The molecule has 0 amide bonds. The molecule has 1 atom stereocenters. The molecule has 0 aromatic heterocycles. The fourth-order valence-corrected chi connectivity index (χ4v) is 5.04. The van der Waals surface area contributed by atoms with Crippen LogP contribution in [0, 0.1) is 20.2 Å². The Morgan fingerprint density at radius 3 is 1.94 bits per heavy atom. The predicted molar refractivity (Wildman–Crippen MR) is 129 cm³/mol. The lowest BCUT2D eigenvalue weighted by molar-refractivity contribution is -0.385. The van der Waals surface area contributed by atoms with Gasteiger partial charge in [-0.25, -0.2) is 12.7 Å². The number of benzene rings is 3. The highest BCUT2D eigenvalue weighted by Gasteiger charge is 2.31. The molecule has 0 radical (unpaired) electrons. The number of anilines is 2. The van der Waals surface area contributed by atoms with Gasteiger partial charge in [0.2, 0.25) is 0 Å². The third-order valence-corrected chi connectivity index (χ3v) is 7.10. The lowest BCUT2D eigenvalue weighted by Crippen LogP contribution is -2.43. The van der Waals surface area contributed by atoms with Crippen LogP contribution in [0.3, 0.4) is 0 Å². The van der Waals surface area contributed by atoms with Gasteiger partial charge in [0.15, 0.2) is 0 Å². The first-order valence-electron chi connectivity index (χ1n) is 10.4. The summed E-state index contributed by atoms with van der Waals surface area (Å²) < 4.78 is 28.3. The topological polar surface area (TPSA) is 136 Å². The lowest BCUT2D eigenvalue weighted by Gasteiger charge is -2.31. The van der Waals surface area contributed by atoms with Crippen LogP contribution in [-0.2, 0) is 10.0 Å². The predicted octanol–water partition coefficient (Wildman–Crippen LogP) is 5.28. The molecule has 0 heterocycles. The summed E-state index contributed by atoms with van der Waals surface area (Å²) in [6.45, 7) is 5.74. The van der Waals surface area contributed by atoms with Crippen molar-refractivity contribution in [3.8, 4) is 0 Å². The van der Waals surface area contributed by atoms with Crippen molar-refractivity contribution < 1.29 is 18.3 Å². The van der Waals surface area contributed by atoms with E-state index in [9.17, 15) is 28.6 Å². The number of nitro benzene ring substituents is 2. The van der Waals surface area contributed by atoms with Gasteiger partial charge in [0.1, 0.15) is 6.17 Å². The molecule has 0 spiro atoms. The quantitative estimate of drug-likeness (QED) is 0.248. The Balaban J connectivity index is 2.05. The number of nitro groups is 2. The summed E-state index contributed by atoms with van der Waals surface area (Å²) in [7, 11) is -4.29. The first-order valence-corrected chi connectivity index (χ1v) is 11.8. The number of nitrogens with one attached hydrogen (secondary N) is 1. The van der Waals surface area contributed by atoms with E-state index in [4.69, 9.17) is 0 Å². The fourth-order valence-electron chi connectivity index (χ4n) is 3.43. The van der Waals surface area contributed by atoms with Crippen LogP contribution >= 0.6 is 0 Å². The Bertz CT molecular complexity index is 1290. The van der Waals surface area contributed by atoms with Gasteiger partial charge < -0.3 is 5.32 Å². The monoisotopic (exact) mass is 484 g/mol. The molecule has 1 N–H and O–H groups in total. The molecule has 0 aliphatic carbocycles. The molecule has 3 rings (SSSR count). The van der Waals surface area contributed by atoms with Crippen LogP contribution in [-0.4, -0.2) is 24.4 Å². The van der Waals surface area contributed by atoms with Crippen LogP contribution in [0.4, 0.5) is 22.7 Å². The van der Waals surface area contributed by atoms with Crippen molar-refractivity contribution >= 4 is 32.8 Å². The number of hydrogen-bond acceptors (Lipinski definition) is 7. The summed E-state index contributed by atoms with van der Waals surface area (Å²) in [5.74, 6) is 0.331. The minimum absolute atomic E-state index is 0.163. The van der Waals surface area contributed by atoms with Crippen molar-refractivity contribution in [3.63, 3.8) is 0 Å². The fraction of sp³-hybridized carbons (Fsp3) is 0.217. The Morgan fingerprint density at radius 2 is 1.41 bits per heavy atom. The van der Waals surface area contributed by atoms with Gasteiger partial charge in [-0.05, 0) is 48.7 Å². The second kappa shape index (κ2) is 9.87. The Hall–Kier alpha value is -3.99. The zero-order chi connectivity index (χ0) is 25.0. The molecule has 3 aromatic rings. The highest BCUT2D eigenvalue weighted by atomic mass is 32.2. The molecule has 10 nitrogen and oxygen atoms in total. The maximum absolute atomic E-state index is 13.6. The highest BCUT2D eigenvalue weighted by Crippen LogP contribution is 2.30. The third kappa shape index (κ3) is 5.31. The van der Waals surface area contributed by atoms with E-state index in [1.54, 1.807) is 6.92 Å². The van der Waals surface area contributed by atoms with E-state index in [0.29, 0.717) is 11.6 Å². The van der Waals surface area contributed by atoms with E-state index in [-0.39, 0.29) is 22.0 Å². The van der Waals surface area contributed by atoms with E-state index in [1.165, 1.54) is 42.5 Å². The zero-order valence-electron chi connectivity index (χ0n) is 18.8. The van der Waals surface area contributed by atoms with Crippen molar-refractivity contribution in [2.45, 2.75) is 37.8 Å². The van der Waals surface area contributed by atoms with Gasteiger partial charge in [0, 0.05) is 30.0 Å². The summed E-state index contributed by atoms with van der Waals surface area (Å²) in [5, 5.41) is 25.4. The normalized spacial score (nSPS) is 12.2. The van der Waals surface area contributed by atoms with E-state index in [1.807, 2.05) is 24.3 Å². The molecule has 34 heavy (non-hydrogen) atoms. The van der Waals surface area contributed by atoms with E-state index < -0.39 is 26.0 Å². The molecule has 11 heteroatoms. The number of nitrogens with zero attached hydrogens (tertiary/aromatic N) is 3. The van der Waals surface area contributed by atoms with E-state index in [0.717, 1.165) is 15.9 Å². The van der Waals surface area contributed by atoms with Crippen molar-refractivity contribution in [1.82, 2.24) is 0 Å². The molecule has 0 fully saturated rings. The van der Waals surface area contributed by atoms with Gasteiger partial charge in [-0.2, -0.15) is 0 Å². The average molecular weight is 485 g/mol. The molecule has 3 aromatic carbocycles. The van der Waals surface area contributed by atoms with Gasteiger partial charge in [0.25, 0.3) is 21.4 Å². The maximum atomic E-state index is 13.6. The van der Waals surface area contributed by atoms with Crippen LogP contribution in [0.15, 0.2) is 77.7 Å². The lowest BCUT2D eigenvalue weighted by atomic mass is 10.0. The smallest absolute Gasteiger partial charge is 0.270 e. The van der Waals surface area contributed by atoms with Crippen molar-refractivity contribution in [1.29, 1.82) is 0 Å². The van der Waals surface area contributed by atoms with Crippen LogP contribution < -0.4 is 9.62 Å². The van der Waals surface area contributed by atoms with Crippen LogP contribution in [0.1, 0.15) is 32.3 Å². The minimum atomic E-state index is -4.29. The molecule has 1 unspecified atom stereocenters. The van der Waals surface area contributed by atoms with E-state index in [2.05, 4.69) is 19.2 Å². The Morgan fingerprint density at radius 1 is 0.824 bits per heavy atom. The second-order valence-electron chi connectivity index (χ2n) is 7.93.